The third-order valence-electron chi connectivity index (χ3n) is 3.66. The van der Waals surface area contributed by atoms with Crippen molar-refractivity contribution in [2.75, 3.05) is 25.9 Å². The predicted molar refractivity (Wildman–Crippen MR) is 77.2 cm³/mol. The second-order valence-electron chi connectivity index (χ2n) is 5.35. The number of nitrogens with zero attached hydrogens (tertiary/aromatic N) is 1. The summed E-state index contributed by atoms with van der Waals surface area (Å²) in [4.78, 5) is 0. The van der Waals surface area contributed by atoms with E-state index in [2.05, 4.69) is 5.32 Å². The molecule has 1 unspecified atom stereocenters. The first-order chi connectivity index (χ1) is 9.47. The van der Waals surface area contributed by atoms with Crippen molar-refractivity contribution in [3.05, 3.63) is 35.6 Å². The highest BCUT2D eigenvalue weighted by Crippen LogP contribution is 2.18. The van der Waals surface area contributed by atoms with Gasteiger partial charge in [-0.15, -0.1) is 0 Å². The molecule has 20 heavy (non-hydrogen) atoms. The Bertz CT molecular complexity index is 548. The van der Waals surface area contributed by atoms with Crippen LogP contribution in [0.3, 0.4) is 0 Å². The van der Waals surface area contributed by atoms with Crippen molar-refractivity contribution in [3.8, 4) is 0 Å². The van der Waals surface area contributed by atoms with E-state index in [4.69, 9.17) is 0 Å². The highest BCUT2D eigenvalue weighted by Gasteiger charge is 2.25. The summed E-state index contributed by atoms with van der Waals surface area (Å²) in [5.41, 5.74) is 0.642. The number of halogens is 1. The normalized spacial score (nSPS) is 21.0. The van der Waals surface area contributed by atoms with E-state index in [1.165, 1.54) is 16.6 Å². The van der Waals surface area contributed by atoms with E-state index in [0.29, 0.717) is 37.7 Å². The maximum Gasteiger partial charge on any atom is 0.211 e. The smallest absolute Gasteiger partial charge is 0.211 e. The monoisotopic (exact) mass is 300 g/mol. The summed E-state index contributed by atoms with van der Waals surface area (Å²) in [5, 5.41) is 3.22. The molecule has 0 amide bonds. The van der Waals surface area contributed by atoms with Crippen LogP contribution >= 0.6 is 0 Å². The maximum absolute atomic E-state index is 13.4. The fourth-order valence-electron chi connectivity index (χ4n) is 2.55. The van der Waals surface area contributed by atoms with Gasteiger partial charge in [-0.2, -0.15) is 0 Å². The van der Waals surface area contributed by atoms with Crippen LogP contribution in [0.15, 0.2) is 24.3 Å². The zero-order chi connectivity index (χ0) is 14.6. The fourth-order valence-corrected chi connectivity index (χ4v) is 3.49. The molecular weight excluding hydrogens is 279 g/mol. The van der Waals surface area contributed by atoms with Crippen molar-refractivity contribution in [3.63, 3.8) is 0 Å². The molecule has 0 aliphatic carbocycles. The van der Waals surface area contributed by atoms with Crippen LogP contribution in [-0.2, 0) is 16.6 Å². The van der Waals surface area contributed by atoms with Gasteiger partial charge in [0.2, 0.25) is 10.0 Å². The third kappa shape index (κ3) is 4.26. The standard InChI is InChI=1S/C14H21FN2O2S/c1-20(18,19)17-8-4-5-12(11-17)9-16-10-13-6-2-3-7-14(13)15/h2-3,6-7,12,16H,4-5,8-11H2,1H3. The van der Waals surface area contributed by atoms with Gasteiger partial charge in [-0.3, -0.25) is 0 Å². The lowest BCUT2D eigenvalue weighted by Gasteiger charge is -2.31. The van der Waals surface area contributed by atoms with E-state index in [1.54, 1.807) is 12.1 Å². The van der Waals surface area contributed by atoms with Gasteiger partial charge < -0.3 is 5.32 Å². The third-order valence-corrected chi connectivity index (χ3v) is 4.93. The number of sulfonamides is 1. The molecule has 6 heteroatoms. The first kappa shape index (κ1) is 15.4. The highest BCUT2D eigenvalue weighted by molar-refractivity contribution is 7.88. The Morgan fingerprint density at radius 1 is 1.40 bits per heavy atom. The minimum atomic E-state index is -3.10. The minimum absolute atomic E-state index is 0.207. The molecular formula is C14H21FN2O2S. The summed E-state index contributed by atoms with van der Waals surface area (Å²) >= 11 is 0. The Hall–Kier alpha value is -0.980. The number of piperidine rings is 1. The largest absolute Gasteiger partial charge is 0.312 e. The number of nitrogens with one attached hydrogen (secondary N) is 1. The van der Waals surface area contributed by atoms with Gasteiger partial charge in [0, 0.05) is 25.2 Å². The van der Waals surface area contributed by atoms with Crippen LogP contribution < -0.4 is 5.32 Å². The molecule has 1 heterocycles. The van der Waals surface area contributed by atoms with E-state index in [0.717, 1.165) is 12.8 Å². The van der Waals surface area contributed by atoms with E-state index in [1.807, 2.05) is 6.07 Å². The summed E-state index contributed by atoms with van der Waals surface area (Å²) in [6.07, 6.45) is 3.15. The zero-order valence-electron chi connectivity index (χ0n) is 11.7. The van der Waals surface area contributed by atoms with Gasteiger partial charge in [-0.1, -0.05) is 18.2 Å². The van der Waals surface area contributed by atoms with Crippen molar-refractivity contribution < 1.29 is 12.8 Å². The molecule has 112 valence electrons. The summed E-state index contributed by atoms with van der Waals surface area (Å²) in [6.45, 7) is 2.36. The summed E-state index contributed by atoms with van der Waals surface area (Å²) in [5.74, 6) is 0.0895. The molecule has 1 N–H and O–H groups in total. The van der Waals surface area contributed by atoms with Gasteiger partial charge in [0.25, 0.3) is 0 Å². The lowest BCUT2D eigenvalue weighted by atomic mass is 9.99. The van der Waals surface area contributed by atoms with Crippen molar-refractivity contribution in [1.82, 2.24) is 9.62 Å². The van der Waals surface area contributed by atoms with Crippen molar-refractivity contribution in [1.29, 1.82) is 0 Å². The van der Waals surface area contributed by atoms with Crippen molar-refractivity contribution in [2.24, 2.45) is 5.92 Å². The van der Waals surface area contributed by atoms with Gasteiger partial charge >= 0.3 is 0 Å². The summed E-state index contributed by atoms with van der Waals surface area (Å²) in [7, 11) is -3.10. The van der Waals surface area contributed by atoms with Gasteiger partial charge in [0.1, 0.15) is 5.82 Å². The molecule has 0 aromatic heterocycles. The van der Waals surface area contributed by atoms with Crippen LogP contribution in [0.25, 0.3) is 0 Å². The van der Waals surface area contributed by atoms with Crippen molar-refractivity contribution >= 4 is 10.0 Å². The Labute approximate surface area is 120 Å². The van der Waals surface area contributed by atoms with Crippen LogP contribution in [0, 0.1) is 11.7 Å². The van der Waals surface area contributed by atoms with Crippen LogP contribution in [0.5, 0.6) is 0 Å². The second kappa shape index (κ2) is 6.65. The van der Waals surface area contributed by atoms with Crippen LogP contribution in [0.4, 0.5) is 4.39 Å². The maximum atomic E-state index is 13.4. The van der Waals surface area contributed by atoms with Gasteiger partial charge in [-0.05, 0) is 31.4 Å². The predicted octanol–water partition coefficient (Wildman–Crippen LogP) is 1.59. The average Bonchev–Trinajstić information content (AvgIpc) is 2.40. The fraction of sp³-hybridized carbons (Fsp3) is 0.571. The van der Waals surface area contributed by atoms with Crippen molar-refractivity contribution in [2.45, 2.75) is 19.4 Å². The number of hydrogen-bond acceptors (Lipinski definition) is 3. The van der Waals surface area contributed by atoms with Crippen LogP contribution in [0.1, 0.15) is 18.4 Å². The number of hydrogen-bond donors (Lipinski definition) is 1. The average molecular weight is 300 g/mol. The number of rotatable bonds is 5. The van der Waals surface area contributed by atoms with Gasteiger partial charge in [0.15, 0.2) is 0 Å². The molecule has 0 saturated carbocycles. The minimum Gasteiger partial charge on any atom is -0.312 e. The molecule has 4 nitrogen and oxygen atoms in total. The topological polar surface area (TPSA) is 49.4 Å². The lowest BCUT2D eigenvalue weighted by molar-refractivity contribution is 0.261. The highest BCUT2D eigenvalue weighted by atomic mass is 32.2. The SMILES string of the molecule is CS(=O)(=O)N1CCCC(CNCc2ccccc2F)C1. The molecule has 1 aromatic rings. The molecule has 0 spiro atoms. The van der Waals surface area contributed by atoms with E-state index >= 15 is 0 Å². The molecule has 1 aromatic carbocycles. The van der Waals surface area contributed by atoms with E-state index < -0.39 is 10.0 Å². The lowest BCUT2D eigenvalue weighted by Crippen LogP contribution is -2.42. The van der Waals surface area contributed by atoms with Crippen LogP contribution in [-0.4, -0.2) is 38.6 Å². The molecule has 1 atom stereocenters. The van der Waals surface area contributed by atoms with E-state index in [-0.39, 0.29) is 5.82 Å². The Kier molecular flexibility index (Phi) is 5.12. The van der Waals surface area contributed by atoms with E-state index in [9.17, 15) is 12.8 Å². The molecule has 1 aliphatic rings. The molecule has 1 aliphatic heterocycles. The first-order valence-electron chi connectivity index (χ1n) is 6.86. The summed E-state index contributed by atoms with van der Waals surface area (Å²) < 4.78 is 38.0. The molecule has 0 radical (unpaired) electrons. The van der Waals surface area contributed by atoms with Gasteiger partial charge in [0.05, 0.1) is 6.26 Å². The zero-order valence-corrected chi connectivity index (χ0v) is 12.5. The van der Waals surface area contributed by atoms with Crippen LogP contribution in [0.2, 0.25) is 0 Å². The summed E-state index contributed by atoms with van der Waals surface area (Å²) in [6, 6.07) is 6.69. The second-order valence-corrected chi connectivity index (χ2v) is 7.33. The quantitative estimate of drug-likeness (QED) is 0.898. The Balaban J connectivity index is 1.81. The molecule has 2 rings (SSSR count). The number of benzene rings is 1. The molecule has 0 bridgehead atoms. The Morgan fingerprint density at radius 2 is 2.15 bits per heavy atom. The van der Waals surface area contributed by atoms with Gasteiger partial charge in [-0.25, -0.2) is 17.1 Å². The molecule has 1 fully saturated rings. The molecule has 1 saturated heterocycles. The Morgan fingerprint density at radius 3 is 2.85 bits per heavy atom. The first-order valence-corrected chi connectivity index (χ1v) is 8.71.